The maximum atomic E-state index is 14.0. The van der Waals surface area contributed by atoms with Crippen molar-refractivity contribution in [1.29, 1.82) is 0 Å². The van der Waals surface area contributed by atoms with Crippen LogP contribution in [0.5, 0.6) is 0 Å². The number of fused-ring (bicyclic) bond motifs is 1. The zero-order chi connectivity index (χ0) is 34.0. The molecule has 3 saturated heterocycles. The van der Waals surface area contributed by atoms with Crippen LogP contribution in [0.15, 0.2) is 23.6 Å². The van der Waals surface area contributed by atoms with Gasteiger partial charge in [-0.15, -0.1) is 11.3 Å². The number of halogens is 4. The number of rotatable bonds is 7. The number of hydrogen-bond acceptors (Lipinski definition) is 7. The molecule has 1 atom stereocenters. The summed E-state index contributed by atoms with van der Waals surface area (Å²) in [5, 5.41) is 7.24. The molecule has 10 nitrogen and oxygen atoms in total. The summed E-state index contributed by atoms with van der Waals surface area (Å²) < 4.78 is 47.8. The van der Waals surface area contributed by atoms with Crippen LogP contribution < -0.4 is 10.6 Å². The fraction of sp³-hybridized carbons (Fsp3) is 0.606. The first kappa shape index (κ1) is 34.6. The smallest absolute Gasteiger partial charge is 0.418 e. The van der Waals surface area contributed by atoms with Crippen molar-refractivity contribution in [3.05, 3.63) is 44.6 Å². The minimum atomic E-state index is -4.69. The number of hydrogen-bond donors (Lipinski definition) is 2. The lowest BCUT2D eigenvalue weighted by molar-refractivity contribution is -0.142. The number of urea groups is 1. The summed E-state index contributed by atoms with van der Waals surface area (Å²) in [6.07, 6.45) is -0.759. The number of carbonyl (C=O) groups is 3. The number of nitrogens with one attached hydrogen (secondary N) is 2. The summed E-state index contributed by atoms with van der Waals surface area (Å²) in [4.78, 5) is 48.8. The van der Waals surface area contributed by atoms with Crippen molar-refractivity contribution >= 4 is 52.3 Å². The van der Waals surface area contributed by atoms with Crippen molar-refractivity contribution in [2.75, 3.05) is 56.9 Å². The molecule has 4 aliphatic rings. The lowest BCUT2D eigenvalue weighted by atomic mass is 9.98. The zero-order valence-corrected chi connectivity index (χ0v) is 28.6. The first-order chi connectivity index (χ1) is 23.0. The van der Waals surface area contributed by atoms with Crippen LogP contribution >= 0.6 is 22.9 Å². The molecule has 0 radical (unpaired) electrons. The Kier molecular flexibility index (Phi) is 10.6. The molecule has 1 aromatic carbocycles. The van der Waals surface area contributed by atoms with E-state index in [-0.39, 0.29) is 34.8 Å². The van der Waals surface area contributed by atoms with Gasteiger partial charge in [-0.1, -0.05) is 18.0 Å². The van der Waals surface area contributed by atoms with E-state index in [1.807, 2.05) is 11.4 Å². The number of benzene rings is 1. The topological polar surface area (TPSA) is 97.5 Å². The van der Waals surface area contributed by atoms with Crippen molar-refractivity contribution < 1.29 is 32.3 Å². The Hall–Kier alpha value is -3.23. The maximum Gasteiger partial charge on any atom is 0.418 e. The zero-order valence-electron chi connectivity index (χ0n) is 27.0. The molecule has 6 rings (SSSR count). The number of nitrogens with zero attached hydrogens (tertiary/aromatic N) is 4. The van der Waals surface area contributed by atoms with E-state index >= 15 is 0 Å². The predicted octanol–water partition coefficient (Wildman–Crippen LogP) is 6.50. The van der Waals surface area contributed by atoms with Crippen LogP contribution in [-0.4, -0.2) is 102 Å². The van der Waals surface area contributed by atoms with Gasteiger partial charge in [0.25, 0.3) is 5.91 Å². The number of carbonyl (C=O) groups excluding carboxylic acids is 3. The summed E-state index contributed by atoms with van der Waals surface area (Å²) in [6.45, 7) is 4.21. The summed E-state index contributed by atoms with van der Waals surface area (Å²) in [5.41, 5.74) is -0.236. The number of alkyl halides is 3. The predicted molar refractivity (Wildman–Crippen MR) is 178 cm³/mol. The summed E-state index contributed by atoms with van der Waals surface area (Å²) >= 11 is 7.85. The van der Waals surface area contributed by atoms with E-state index in [0.717, 1.165) is 42.6 Å². The standard InChI is InChI=1S/C33H42ClF3N6O4S/c1-38-29-24(33(35,36)37)17-21(18-25(29)34)19-27(30(44)41-12-5-22(6-13-41)40-10-3-2-4-11-40)47-32(46)42-14-7-23(8-15-42)43-20-28-26(9-16-48-28)39-31(43)45/h9,16-18,22-23,27,38H,2-8,10-15,19-20H2,1H3,(H,39,45)/t27-/m1/s1. The minimum Gasteiger partial charge on any atom is -0.436 e. The lowest BCUT2D eigenvalue weighted by Gasteiger charge is -2.41. The van der Waals surface area contributed by atoms with Crippen LogP contribution in [0.3, 0.4) is 0 Å². The van der Waals surface area contributed by atoms with Crippen LogP contribution in [0.4, 0.5) is 34.1 Å². The molecular weight excluding hydrogens is 669 g/mol. The second-order valence-electron chi connectivity index (χ2n) is 13.0. The summed E-state index contributed by atoms with van der Waals surface area (Å²) in [6, 6.07) is 4.37. The molecule has 0 unspecified atom stereocenters. The second-order valence-corrected chi connectivity index (χ2v) is 14.4. The van der Waals surface area contributed by atoms with Crippen molar-refractivity contribution in [2.45, 2.75) is 82.3 Å². The maximum absolute atomic E-state index is 14.0. The highest BCUT2D eigenvalue weighted by molar-refractivity contribution is 7.10. The Morgan fingerprint density at radius 3 is 2.35 bits per heavy atom. The third-order valence-corrected chi connectivity index (χ3v) is 11.3. The van der Waals surface area contributed by atoms with Gasteiger partial charge in [-0.05, 0) is 80.8 Å². The number of thiophene rings is 1. The average molecular weight is 711 g/mol. The fourth-order valence-electron chi connectivity index (χ4n) is 7.43. The molecule has 48 heavy (non-hydrogen) atoms. The summed E-state index contributed by atoms with van der Waals surface area (Å²) in [5.74, 6) is -0.422. The van der Waals surface area contributed by atoms with Crippen LogP contribution in [0, 0.1) is 0 Å². The van der Waals surface area contributed by atoms with E-state index < -0.39 is 29.8 Å². The van der Waals surface area contributed by atoms with Gasteiger partial charge in [0.2, 0.25) is 0 Å². The largest absolute Gasteiger partial charge is 0.436 e. The molecule has 3 fully saturated rings. The second kappa shape index (κ2) is 14.7. The molecule has 0 spiro atoms. The molecular formula is C33H42ClF3N6O4S. The van der Waals surface area contributed by atoms with Gasteiger partial charge in [0, 0.05) is 56.6 Å². The highest BCUT2D eigenvalue weighted by Gasteiger charge is 2.39. The Bertz CT molecular complexity index is 1490. The fourth-order valence-corrected chi connectivity index (χ4v) is 8.59. The molecule has 15 heteroatoms. The van der Waals surface area contributed by atoms with E-state index in [1.54, 1.807) is 21.1 Å². The van der Waals surface area contributed by atoms with Crippen molar-refractivity contribution in [3.8, 4) is 0 Å². The molecule has 2 N–H and O–H groups in total. The average Bonchev–Trinajstić information content (AvgIpc) is 3.54. The molecule has 2 aromatic rings. The third-order valence-electron chi connectivity index (χ3n) is 10.1. The number of ether oxygens (including phenoxy) is 1. The number of piperidine rings is 3. The van der Waals surface area contributed by atoms with Gasteiger partial charge >= 0.3 is 18.3 Å². The van der Waals surface area contributed by atoms with E-state index in [0.29, 0.717) is 51.6 Å². The molecule has 4 amide bonds. The van der Waals surface area contributed by atoms with Crippen molar-refractivity contribution in [2.24, 2.45) is 0 Å². The Morgan fingerprint density at radius 1 is 1.02 bits per heavy atom. The van der Waals surface area contributed by atoms with E-state index in [9.17, 15) is 27.6 Å². The normalized spacial score (nSPS) is 20.7. The van der Waals surface area contributed by atoms with E-state index in [4.69, 9.17) is 16.3 Å². The van der Waals surface area contributed by atoms with Gasteiger partial charge < -0.3 is 35.0 Å². The Morgan fingerprint density at radius 2 is 1.69 bits per heavy atom. The van der Waals surface area contributed by atoms with E-state index in [2.05, 4.69) is 15.5 Å². The number of likely N-dealkylation sites (tertiary alicyclic amines) is 3. The van der Waals surface area contributed by atoms with Gasteiger partial charge in [0.15, 0.2) is 6.10 Å². The first-order valence-corrected chi connectivity index (χ1v) is 18.0. The molecule has 4 aliphatic heterocycles. The minimum absolute atomic E-state index is 0.0726. The number of anilines is 2. The lowest BCUT2D eigenvalue weighted by Crippen LogP contribution is -2.53. The highest BCUT2D eigenvalue weighted by atomic mass is 35.5. The molecule has 0 aliphatic carbocycles. The molecule has 0 saturated carbocycles. The third kappa shape index (κ3) is 7.65. The highest BCUT2D eigenvalue weighted by Crippen LogP contribution is 2.40. The Balaban J connectivity index is 1.14. The molecule has 5 heterocycles. The number of amides is 4. The first-order valence-electron chi connectivity index (χ1n) is 16.7. The van der Waals surface area contributed by atoms with Crippen molar-refractivity contribution in [1.82, 2.24) is 19.6 Å². The van der Waals surface area contributed by atoms with Crippen LogP contribution in [0.25, 0.3) is 0 Å². The molecule has 262 valence electrons. The van der Waals surface area contributed by atoms with Crippen LogP contribution in [-0.2, 0) is 28.7 Å². The van der Waals surface area contributed by atoms with Gasteiger partial charge in [0.1, 0.15) is 0 Å². The Labute approximate surface area is 287 Å². The van der Waals surface area contributed by atoms with E-state index in [1.165, 1.54) is 37.3 Å². The summed E-state index contributed by atoms with van der Waals surface area (Å²) in [7, 11) is 1.36. The van der Waals surface area contributed by atoms with Gasteiger partial charge in [-0.2, -0.15) is 13.2 Å². The quantitative estimate of drug-likeness (QED) is 0.341. The van der Waals surface area contributed by atoms with Crippen LogP contribution in [0.2, 0.25) is 5.02 Å². The monoisotopic (exact) mass is 710 g/mol. The van der Waals surface area contributed by atoms with Gasteiger partial charge in [0.05, 0.1) is 28.5 Å². The molecule has 0 bridgehead atoms. The van der Waals surface area contributed by atoms with Crippen molar-refractivity contribution in [3.63, 3.8) is 0 Å². The SMILES string of the molecule is CNc1c(Cl)cc(C[C@@H](OC(=O)N2CCC(N3Cc4sccc4NC3=O)CC2)C(=O)N2CCC(N3CCCCC3)CC2)cc1C(F)(F)F. The van der Waals surface area contributed by atoms with Gasteiger partial charge in [-0.3, -0.25) is 4.79 Å². The van der Waals surface area contributed by atoms with Gasteiger partial charge in [-0.25, -0.2) is 9.59 Å². The molecule has 1 aromatic heterocycles. The van der Waals surface area contributed by atoms with Crippen LogP contribution in [0.1, 0.15) is 60.9 Å².